The van der Waals surface area contributed by atoms with E-state index in [1.165, 1.54) is 12.1 Å². The lowest BCUT2D eigenvalue weighted by molar-refractivity contribution is -0.274. The number of rotatable bonds is 8. The van der Waals surface area contributed by atoms with E-state index in [1.54, 1.807) is 26.2 Å². The van der Waals surface area contributed by atoms with E-state index in [0.717, 1.165) is 72.7 Å². The number of alkyl halides is 3. The number of aryl methyl sites for hydroxylation is 3. The number of aliphatic imine (C=N–C) groups is 1. The molecular formula is C29H37F3N2O4. The molecular weight excluding hydrogens is 497 g/mol. The quantitative estimate of drug-likeness (QED) is 0.231. The highest BCUT2D eigenvalue weighted by Gasteiger charge is 2.30. The summed E-state index contributed by atoms with van der Waals surface area (Å²) in [5.74, 6) is 0.449. The third-order valence-electron chi connectivity index (χ3n) is 5.93. The number of nitrogens with zero attached hydrogens (tertiary/aromatic N) is 2. The lowest BCUT2D eigenvalue weighted by atomic mass is 9.94. The molecule has 208 valence electrons. The van der Waals surface area contributed by atoms with Gasteiger partial charge in [0.1, 0.15) is 5.75 Å². The number of halogens is 3. The van der Waals surface area contributed by atoms with E-state index in [2.05, 4.69) is 21.2 Å². The van der Waals surface area contributed by atoms with Crippen LogP contribution in [0.15, 0.2) is 53.7 Å². The summed E-state index contributed by atoms with van der Waals surface area (Å²) in [6.45, 7) is 15.6. The van der Waals surface area contributed by atoms with Crippen LogP contribution in [0.2, 0.25) is 0 Å². The molecule has 2 aromatic rings. The Morgan fingerprint density at radius 3 is 2.24 bits per heavy atom. The Morgan fingerprint density at radius 1 is 1.11 bits per heavy atom. The van der Waals surface area contributed by atoms with Crippen molar-refractivity contribution >= 4 is 11.7 Å². The van der Waals surface area contributed by atoms with Crippen molar-refractivity contribution in [1.29, 1.82) is 0 Å². The Balaban J connectivity index is 0.000000328. The number of morpholine rings is 1. The second kappa shape index (κ2) is 14.7. The minimum Gasteiger partial charge on any atom is -0.481 e. The van der Waals surface area contributed by atoms with Crippen molar-refractivity contribution in [1.82, 2.24) is 4.90 Å². The first-order valence-electron chi connectivity index (χ1n) is 12.6. The van der Waals surface area contributed by atoms with Gasteiger partial charge in [-0.15, -0.1) is 13.2 Å². The van der Waals surface area contributed by atoms with Gasteiger partial charge in [-0.3, -0.25) is 9.69 Å². The zero-order valence-corrected chi connectivity index (χ0v) is 22.8. The maximum atomic E-state index is 11.9. The highest BCUT2D eigenvalue weighted by atomic mass is 19.4. The number of ketones is 1. The number of ether oxygens (including phenoxy) is 3. The molecule has 1 aliphatic rings. The van der Waals surface area contributed by atoms with Crippen LogP contribution in [0.4, 0.5) is 13.2 Å². The van der Waals surface area contributed by atoms with E-state index in [0.29, 0.717) is 12.4 Å². The van der Waals surface area contributed by atoms with Crippen LogP contribution in [0.3, 0.4) is 0 Å². The Bertz CT molecular complexity index is 1110. The van der Waals surface area contributed by atoms with E-state index >= 15 is 0 Å². The van der Waals surface area contributed by atoms with Crippen LogP contribution in [-0.4, -0.2) is 62.9 Å². The Labute approximate surface area is 223 Å². The summed E-state index contributed by atoms with van der Waals surface area (Å²) in [5, 5.41) is 0. The molecule has 0 bridgehead atoms. The Morgan fingerprint density at radius 2 is 1.74 bits per heavy atom. The van der Waals surface area contributed by atoms with E-state index in [9.17, 15) is 18.0 Å². The van der Waals surface area contributed by atoms with Gasteiger partial charge in [-0.05, 0) is 67.6 Å². The molecule has 38 heavy (non-hydrogen) atoms. The van der Waals surface area contributed by atoms with Crippen molar-refractivity contribution in [3.8, 4) is 5.75 Å². The fraction of sp³-hybridized carbons (Fsp3) is 0.448. The van der Waals surface area contributed by atoms with Crippen molar-refractivity contribution in [2.75, 3.05) is 40.0 Å². The summed E-state index contributed by atoms with van der Waals surface area (Å²) in [5.41, 5.74) is 5.38. The van der Waals surface area contributed by atoms with Gasteiger partial charge in [-0.1, -0.05) is 32.6 Å². The molecule has 9 heteroatoms. The van der Waals surface area contributed by atoms with Gasteiger partial charge in [-0.2, -0.15) is 0 Å². The Hall–Kier alpha value is -3.17. The SMILES string of the molecule is C=C(CN1CCOCC1)N=C(OC)c1cc(C)c(C(C)=O)c(CC)c1.CCc1ccc(OC(F)(F)F)cc1. The molecule has 1 fully saturated rings. The summed E-state index contributed by atoms with van der Waals surface area (Å²) in [6, 6.07) is 9.80. The molecule has 0 saturated carbocycles. The molecule has 1 saturated heterocycles. The van der Waals surface area contributed by atoms with E-state index in [-0.39, 0.29) is 11.5 Å². The fourth-order valence-electron chi connectivity index (χ4n) is 4.12. The van der Waals surface area contributed by atoms with Crippen LogP contribution in [0, 0.1) is 6.92 Å². The zero-order valence-electron chi connectivity index (χ0n) is 22.8. The van der Waals surface area contributed by atoms with Gasteiger partial charge >= 0.3 is 6.36 Å². The molecule has 1 aliphatic heterocycles. The van der Waals surface area contributed by atoms with E-state index < -0.39 is 6.36 Å². The second-order valence-electron chi connectivity index (χ2n) is 8.86. The number of methoxy groups -OCH3 is 1. The van der Waals surface area contributed by atoms with Gasteiger partial charge in [0.15, 0.2) is 5.78 Å². The molecule has 0 atom stereocenters. The van der Waals surface area contributed by atoms with Crippen LogP contribution in [0.25, 0.3) is 0 Å². The summed E-state index contributed by atoms with van der Waals surface area (Å²) in [4.78, 5) is 18.8. The first kappa shape index (κ1) is 31.1. The summed E-state index contributed by atoms with van der Waals surface area (Å²) < 4.78 is 49.7. The summed E-state index contributed by atoms with van der Waals surface area (Å²) >= 11 is 0. The van der Waals surface area contributed by atoms with Crippen LogP contribution in [-0.2, 0) is 22.3 Å². The monoisotopic (exact) mass is 534 g/mol. The molecule has 6 nitrogen and oxygen atoms in total. The van der Waals surface area contributed by atoms with E-state index in [4.69, 9.17) is 9.47 Å². The molecule has 0 spiro atoms. The van der Waals surface area contributed by atoms with Gasteiger partial charge in [0.2, 0.25) is 5.90 Å². The molecule has 3 rings (SSSR count). The third kappa shape index (κ3) is 9.95. The first-order valence-corrected chi connectivity index (χ1v) is 12.6. The molecule has 2 aromatic carbocycles. The zero-order chi connectivity index (χ0) is 28.3. The highest BCUT2D eigenvalue weighted by molar-refractivity contribution is 6.00. The largest absolute Gasteiger partial charge is 0.573 e. The van der Waals surface area contributed by atoms with Crippen LogP contribution in [0.1, 0.15) is 53.4 Å². The summed E-state index contributed by atoms with van der Waals surface area (Å²) in [6.07, 6.45) is -3.02. The molecule has 0 amide bonds. The van der Waals surface area contributed by atoms with Crippen molar-refractivity contribution in [3.63, 3.8) is 0 Å². The Kier molecular flexibility index (Phi) is 12.0. The summed E-state index contributed by atoms with van der Waals surface area (Å²) in [7, 11) is 1.61. The van der Waals surface area contributed by atoms with Crippen LogP contribution < -0.4 is 4.74 Å². The standard InChI is InChI=1S/C20H28N2O3.C9H9F3O/c1-6-17-12-18(11-14(2)19(17)16(4)23)20(24-5)21-15(3)13-22-7-9-25-10-8-22;1-2-7-3-5-8(6-4-7)13-9(10,11)12/h11-12H,3,6-10,13H2,1-2,4-5H3;3-6H,2H2,1H3. The van der Waals surface area contributed by atoms with Crippen molar-refractivity contribution in [2.45, 2.75) is 46.9 Å². The topological polar surface area (TPSA) is 60.4 Å². The number of Topliss-reactive ketones (excluding diaryl/α,β-unsaturated/α-hetero) is 1. The predicted molar refractivity (Wildman–Crippen MR) is 143 cm³/mol. The molecule has 0 N–H and O–H groups in total. The van der Waals surface area contributed by atoms with Crippen molar-refractivity contribution in [3.05, 3.63) is 76.5 Å². The number of hydrogen-bond acceptors (Lipinski definition) is 6. The average molecular weight is 535 g/mol. The minimum atomic E-state index is -4.60. The second-order valence-corrected chi connectivity index (χ2v) is 8.86. The van der Waals surface area contributed by atoms with Crippen molar-refractivity contribution < 1.29 is 32.2 Å². The number of carbonyl (C=O) groups excluding carboxylic acids is 1. The molecule has 0 unspecified atom stereocenters. The number of carbonyl (C=O) groups is 1. The fourth-order valence-corrected chi connectivity index (χ4v) is 4.12. The molecule has 1 heterocycles. The van der Waals surface area contributed by atoms with Crippen LogP contribution >= 0.6 is 0 Å². The highest BCUT2D eigenvalue weighted by Crippen LogP contribution is 2.23. The predicted octanol–water partition coefficient (Wildman–Crippen LogP) is 6.15. The maximum absolute atomic E-state index is 11.9. The molecule has 0 aliphatic carbocycles. The molecule has 0 radical (unpaired) electrons. The number of benzene rings is 2. The third-order valence-corrected chi connectivity index (χ3v) is 5.93. The smallest absolute Gasteiger partial charge is 0.481 e. The van der Waals surface area contributed by atoms with Crippen molar-refractivity contribution in [2.24, 2.45) is 4.99 Å². The number of hydrogen-bond donors (Lipinski definition) is 0. The van der Waals surface area contributed by atoms with Gasteiger partial charge in [-0.25, -0.2) is 4.99 Å². The van der Waals surface area contributed by atoms with Crippen LogP contribution in [0.5, 0.6) is 5.75 Å². The van der Waals surface area contributed by atoms with Gasteiger partial charge in [0, 0.05) is 30.8 Å². The maximum Gasteiger partial charge on any atom is 0.573 e. The lowest BCUT2D eigenvalue weighted by Crippen LogP contribution is -2.37. The lowest BCUT2D eigenvalue weighted by Gasteiger charge is -2.26. The van der Waals surface area contributed by atoms with Gasteiger partial charge < -0.3 is 14.2 Å². The van der Waals surface area contributed by atoms with Gasteiger partial charge in [0.05, 0.1) is 26.0 Å². The molecule has 0 aromatic heterocycles. The minimum absolute atomic E-state index is 0.0912. The van der Waals surface area contributed by atoms with Gasteiger partial charge in [0.25, 0.3) is 0 Å². The first-order chi connectivity index (χ1) is 18.0. The van der Waals surface area contributed by atoms with E-state index in [1.807, 2.05) is 32.9 Å². The normalized spacial score (nSPS) is 14.4. The average Bonchev–Trinajstić information content (AvgIpc) is 2.87.